The average molecular weight is 348 g/mol. The standard InChI is InChI=1S/C21H32O4/c1-18(2)12-10-13(22)15-19(3)7-5-8-20(4,17(24)25)14(19)6-9-21(15,11-12)16(18)23/h12-15,22H,5-11H2,1-4H3,(H,24,25)/t12-,13-,14-,15-,19+,20+,21-/m0/s1. The van der Waals surface area contributed by atoms with Crippen LogP contribution in [0.25, 0.3) is 0 Å². The number of fused-ring (bicyclic) bond motifs is 3. The van der Waals surface area contributed by atoms with Crippen LogP contribution in [-0.4, -0.2) is 28.1 Å². The summed E-state index contributed by atoms with van der Waals surface area (Å²) >= 11 is 0. The van der Waals surface area contributed by atoms with Gasteiger partial charge < -0.3 is 10.2 Å². The molecule has 0 unspecified atom stereocenters. The number of aliphatic hydroxyl groups is 1. The molecule has 2 bridgehead atoms. The first-order valence-corrected chi connectivity index (χ1v) is 9.96. The van der Waals surface area contributed by atoms with Crippen LogP contribution in [0.2, 0.25) is 0 Å². The van der Waals surface area contributed by atoms with Crippen LogP contribution in [0.1, 0.15) is 72.6 Å². The van der Waals surface area contributed by atoms with Crippen LogP contribution in [0.15, 0.2) is 0 Å². The number of ketones is 1. The van der Waals surface area contributed by atoms with Gasteiger partial charge in [0.25, 0.3) is 0 Å². The highest BCUT2D eigenvalue weighted by atomic mass is 16.4. The fourth-order valence-electron chi connectivity index (χ4n) is 8.09. The maximum Gasteiger partial charge on any atom is 0.309 e. The third-order valence-corrected chi connectivity index (χ3v) is 9.23. The SMILES string of the molecule is CC1(C)C(=O)[C@]23CC[C@H]4[C@@](C)(CCC[C@@]4(C)C(=O)O)[C@@H]2[C@@H](O)C[C@H]1C3. The molecule has 0 aromatic rings. The molecule has 4 heteroatoms. The summed E-state index contributed by atoms with van der Waals surface area (Å²) in [4.78, 5) is 25.6. The fraction of sp³-hybridized carbons (Fsp3) is 0.905. The van der Waals surface area contributed by atoms with Gasteiger partial charge >= 0.3 is 5.97 Å². The number of hydrogen-bond acceptors (Lipinski definition) is 3. The minimum Gasteiger partial charge on any atom is -0.481 e. The molecule has 4 aliphatic rings. The molecule has 0 saturated heterocycles. The van der Waals surface area contributed by atoms with E-state index in [2.05, 4.69) is 20.8 Å². The van der Waals surface area contributed by atoms with Crippen LogP contribution in [0.5, 0.6) is 0 Å². The Kier molecular flexibility index (Phi) is 3.42. The molecule has 140 valence electrons. The van der Waals surface area contributed by atoms with Crippen molar-refractivity contribution < 1.29 is 19.8 Å². The number of aliphatic hydroxyl groups excluding tert-OH is 1. The molecular formula is C21H32O4. The van der Waals surface area contributed by atoms with Gasteiger partial charge in [-0.3, -0.25) is 9.59 Å². The second-order valence-electron chi connectivity index (χ2n) is 10.6. The first kappa shape index (κ1) is 17.5. The molecule has 4 aliphatic carbocycles. The molecular weight excluding hydrogens is 316 g/mol. The van der Waals surface area contributed by atoms with E-state index in [1.54, 1.807) is 0 Å². The highest BCUT2D eigenvalue weighted by molar-refractivity contribution is 5.93. The van der Waals surface area contributed by atoms with Gasteiger partial charge in [0.1, 0.15) is 5.78 Å². The van der Waals surface area contributed by atoms with E-state index < -0.39 is 22.9 Å². The lowest BCUT2D eigenvalue weighted by molar-refractivity contribution is -0.199. The van der Waals surface area contributed by atoms with Crippen LogP contribution in [-0.2, 0) is 9.59 Å². The summed E-state index contributed by atoms with van der Waals surface area (Å²) in [5.74, 6) is -0.136. The summed E-state index contributed by atoms with van der Waals surface area (Å²) in [6, 6.07) is 0. The summed E-state index contributed by atoms with van der Waals surface area (Å²) in [7, 11) is 0. The molecule has 1 spiro atoms. The highest BCUT2D eigenvalue weighted by Gasteiger charge is 2.72. The normalized spacial score (nSPS) is 53.9. The summed E-state index contributed by atoms with van der Waals surface area (Å²) < 4.78 is 0. The van der Waals surface area contributed by atoms with Crippen LogP contribution in [0, 0.1) is 39.4 Å². The Labute approximate surface area is 150 Å². The fourth-order valence-corrected chi connectivity index (χ4v) is 8.09. The Morgan fingerprint density at radius 1 is 1.12 bits per heavy atom. The molecule has 2 N–H and O–H groups in total. The second kappa shape index (κ2) is 4.88. The molecule has 0 radical (unpaired) electrons. The van der Waals surface area contributed by atoms with Crippen molar-refractivity contribution in [2.45, 2.75) is 78.7 Å². The van der Waals surface area contributed by atoms with Gasteiger partial charge in [0.15, 0.2) is 0 Å². The average Bonchev–Trinajstić information content (AvgIpc) is 2.65. The van der Waals surface area contributed by atoms with Crippen LogP contribution in [0.4, 0.5) is 0 Å². The molecule has 7 atom stereocenters. The Morgan fingerprint density at radius 2 is 1.80 bits per heavy atom. The van der Waals surface area contributed by atoms with E-state index >= 15 is 0 Å². The van der Waals surface area contributed by atoms with E-state index in [9.17, 15) is 19.8 Å². The van der Waals surface area contributed by atoms with Crippen molar-refractivity contribution in [3.8, 4) is 0 Å². The highest BCUT2D eigenvalue weighted by Crippen LogP contribution is 2.72. The van der Waals surface area contributed by atoms with Gasteiger partial charge in [-0.05, 0) is 62.7 Å². The number of carboxylic acid groups (broad SMARTS) is 1. The molecule has 0 aliphatic heterocycles. The van der Waals surface area contributed by atoms with Crippen LogP contribution >= 0.6 is 0 Å². The lowest BCUT2D eigenvalue weighted by atomic mass is 9.40. The monoisotopic (exact) mass is 348 g/mol. The summed E-state index contributed by atoms with van der Waals surface area (Å²) in [5, 5.41) is 21.1. The van der Waals surface area contributed by atoms with E-state index in [0.29, 0.717) is 18.6 Å². The Hall–Kier alpha value is -0.900. The molecule has 4 nitrogen and oxygen atoms in total. The molecule has 0 amide bonds. The molecule has 0 heterocycles. The topological polar surface area (TPSA) is 74.6 Å². The van der Waals surface area contributed by atoms with Crippen molar-refractivity contribution in [1.29, 1.82) is 0 Å². The molecule has 4 fully saturated rings. The number of carboxylic acids is 1. The maximum atomic E-state index is 13.5. The van der Waals surface area contributed by atoms with Gasteiger partial charge in [0, 0.05) is 16.7 Å². The largest absolute Gasteiger partial charge is 0.481 e. The van der Waals surface area contributed by atoms with Crippen molar-refractivity contribution in [3.63, 3.8) is 0 Å². The summed E-state index contributed by atoms with van der Waals surface area (Å²) in [6.07, 6.45) is 5.18. The van der Waals surface area contributed by atoms with E-state index in [-0.39, 0.29) is 28.6 Å². The lowest BCUT2D eigenvalue weighted by Gasteiger charge is -2.63. The Morgan fingerprint density at radius 3 is 2.44 bits per heavy atom. The first-order valence-electron chi connectivity index (χ1n) is 9.96. The van der Waals surface area contributed by atoms with E-state index in [0.717, 1.165) is 32.1 Å². The number of hydrogen-bond donors (Lipinski definition) is 2. The quantitative estimate of drug-likeness (QED) is 0.758. The van der Waals surface area contributed by atoms with E-state index in [1.165, 1.54) is 0 Å². The van der Waals surface area contributed by atoms with Crippen molar-refractivity contribution in [2.24, 2.45) is 39.4 Å². The van der Waals surface area contributed by atoms with Gasteiger partial charge in [-0.15, -0.1) is 0 Å². The van der Waals surface area contributed by atoms with Crippen molar-refractivity contribution in [3.05, 3.63) is 0 Å². The van der Waals surface area contributed by atoms with Crippen molar-refractivity contribution in [1.82, 2.24) is 0 Å². The second-order valence-corrected chi connectivity index (χ2v) is 10.6. The number of aliphatic carboxylic acids is 1. The molecule has 25 heavy (non-hydrogen) atoms. The number of carbonyl (C=O) groups excluding carboxylic acids is 1. The Bertz CT molecular complexity index is 640. The molecule has 4 saturated carbocycles. The Balaban J connectivity index is 1.83. The zero-order valence-corrected chi connectivity index (χ0v) is 16.0. The zero-order chi connectivity index (χ0) is 18.4. The van der Waals surface area contributed by atoms with Gasteiger partial charge in [-0.2, -0.15) is 0 Å². The molecule has 0 aromatic heterocycles. The predicted molar refractivity (Wildman–Crippen MR) is 93.9 cm³/mol. The smallest absolute Gasteiger partial charge is 0.309 e. The summed E-state index contributed by atoms with van der Waals surface area (Å²) in [5.41, 5.74) is -1.77. The van der Waals surface area contributed by atoms with Gasteiger partial charge in [0.05, 0.1) is 11.5 Å². The number of carbonyl (C=O) groups is 2. The first-order chi connectivity index (χ1) is 11.5. The maximum absolute atomic E-state index is 13.5. The number of rotatable bonds is 1. The van der Waals surface area contributed by atoms with Gasteiger partial charge in [-0.25, -0.2) is 0 Å². The molecule has 0 aromatic carbocycles. The van der Waals surface area contributed by atoms with E-state index in [1.807, 2.05) is 6.92 Å². The van der Waals surface area contributed by atoms with E-state index in [4.69, 9.17) is 0 Å². The third-order valence-electron chi connectivity index (χ3n) is 9.23. The van der Waals surface area contributed by atoms with Gasteiger partial charge in [0.2, 0.25) is 0 Å². The van der Waals surface area contributed by atoms with Crippen molar-refractivity contribution in [2.75, 3.05) is 0 Å². The number of Topliss-reactive ketones (excluding diaryl/α,β-unsaturated/α-hetero) is 1. The predicted octanol–water partition coefficient (Wildman–Crippen LogP) is 3.66. The lowest BCUT2D eigenvalue weighted by Crippen LogP contribution is -2.62. The third kappa shape index (κ3) is 1.87. The zero-order valence-electron chi connectivity index (χ0n) is 16.0. The minimum atomic E-state index is -0.734. The van der Waals surface area contributed by atoms with Gasteiger partial charge in [-0.1, -0.05) is 27.2 Å². The minimum absolute atomic E-state index is 0.0459. The van der Waals surface area contributed by atoms with Crippen molar-refractivity contribution >= 4 is 11.8 Å². The summed E-state index contributed by atoms with van der Waals surface area (Å²) in [6.45, 7) is 8.20. The van der Waals surface area contributed by atoms with Crippen LogP contribution < -0.4 is 0 Å². The van der Waals surface area contributed by atoms with Crippen LogP contribution in [0.3, 0.4) is 0 Å². The molecule has 4 rings (SSSR count).